The third-order valence-electron chi connectivity index (χ3n) is 2.84. The highest BCUT2D eigenvalue weighted by molar-refractivity contribution is 5.81. The van der Waals surface area contributed by atoms with Crippen LogP contribution in [0.3, 0.4) is 0 Å². The highest BCUT2D eigenvalue weighted by Crippen LogP contribution is 2.02. The van der Waals surface area contributed by atoms with E-state index in [1.807, 2.05) is 6.07 Å². The van der Waals surface area contributed by atoms with E-state index in [9.17, 15) is 9.59 Å². The number of hydrogen-bond acceptors (Lipinski definition) is 7. The van der Waals surface area contributed by atoms with Crippen molar-refractivity contribution >= 4 is 12.1 Å². The summed E-state index contributed by atoms with van der Waals surface area (Å²) in [6.07, 6.45) is -2.08. The Kier molecular flexibility index (Phi) is 8.66. The normalized spacial score (nSPS) is 13.0. The SMILES string of the molecule is O=C(NC(CCO)C(=O)OCC(O)CO)OCc1ccccc1. The molecule has 0 aliphatic rings. The summed E-state index contributed by atoms with van der Waals surface area (Å²) in [5.41, 5.74) is 0.787. The molecule has 0 heterocycles. The van der Waals surface area contributed by atoms with Crippen molar-refractivity contribution in [3.63, 3.8) is 0 Å². The second-order valence-electron chi connectivity index (χ2n) is 4.74. The second-order valence-corrected chi connectivity index (χ2v) is 4.74. The van der Waals surface area contributed by atoms with Crippen LogP contribution in [0.1, 0.15) is 12.0 Å². The number of nitrogens with one attached hydrogen (secondary N) is 1. The largest absolute Gasteiger partial charge is 0.461 e. The van der Waals surface area contributed by atoms with Crippen LogP contribution in [0, 0.1) is 0 Å². The minimum absolute atomic E-state index is 0.0385. The number of ether oxygens (including phenoxy) is 2. The van der Waals surface area contributed by atoms with Crippen LogP contribution in [-0.2, 0) is 20.9 Å². The molecule has 0 saturated heterocycles. The average molecular weight is 327 g/mol. The maximum atomic E-state index is 11.8. The average Bonchev–Trinajstić information content (AvgIpc) is 2.58. The van der Waals surface area contributed by atoms with Crippen molar-refractivity contribution in [1.82, 2.24) is 5.32 Å². The van der Waals surface area contributed by atoms with Crippen molar-refractivity contribution in [2.75, 3.05) is 19.8 Å². The Morgan fingerprint density at radius 1 is 1.13 bits per heavy atom. The predicted molar refractivity (Wildman–Crippen MR) is 79.3 cm³/mol. The number of rotatable bonds is 9. The Bertz CT molecular complexity index is 480. The molecule has 0 spiro atoms. The molecule has 8 heteroatoms. The number of esters is 1. The molecule has 2 atom stereocenters. The summed E-state index contributed by atoms with van der Waals surface area (Å²) >= 11 is 0. The van der Waals surface area contributed by atoms with E-state index >= 15 is 0 Å². The maximum Gasteiger partial charge on any atom is 0.408 e. The fraction of sp³-hybridized carbons (Fsp3) is 0.467. The summed E-state index contributed by atoms with van der Waals surface area (Å²) in [5, 5.41) is 29.0. The van der Waals surface area contributed by atoms with E-state index in [0.717, 1.165) is 5.56 Å². The molecule has 0 radical (unpaired) electrons. The third-order valence-corrected chi connectivity index (χ3v) is 2.84. The molecule has 2 unspecified atom stereocenters. The summed E-state index contributed by atoms with van der Waals surface area (Å²) < 4.78 is 9.72. The first-order chi connectivity index (χ1) is 11.1. The Balaban J connectivity index is 2.44. The van der Waals surface area contributed by atoms with Gasteiger partial charge >= 0.3 is 12.1 Å². The zero-order valence-corrected chi connectivity index (χ0v) is 12.6. The van der Waals surface area contributed by atoms with Crippen molar-refractivity contribution in [1.29, 1.82) is 0 Å². The topological polar surface area (TPSA) is 125 Å². The second kappa shape index (κ2) is 10.5. The van der Waals surface area contributed by atoms with E-state index in [1.54, 1.807) is 24.3 Å². The fourth-order valence-electron chi connectivity index (χ4n) is 1.62. The van der Waals surface area contributed by atoms with Gasteiger partial charge in [0.25, 0.3) is 0 Å². The van der Waals surface area contributed by atoms with Gasteiger partial charge in [-0.3, -0.25) is 0 Å². The molecule has 1 rings (SSSR count). The van der Waals surface area contributed by atoms with Crippen LogP contribution in [0.25, 0.3) is 0 Å². The monoisotopic (exact) mass is 327 g/mol. The highest BCUT2D eigenvalue weighted by atomic mass is 16.6. The number of aliphatic hydroxyl groups is 3. The Hall–Kier alpha value is -2.16. The molecule has 0 aliphatic carbocycles. The summed E-state index contributed by atoms with van der Waals surface area (Å²) in [4.78, 5) is 23.5. The number of alkyl carbamates (subject to hydrolysis) is 1. The number of hydrogen-bond donors (Lipinski definition) is 4. The zero-order chi connectivity index (χ0) is 17.1. The highest BCUT2D eigenvalue weighted by Gasteiger charge is 2.23. The van der Waals surface area contributed by atoms with Gasteiger partial charge < -0.3 is 30.1 Å². The van der Waals surface area contributed by atoms with Gasteiger partial charge in [0.2, 0.25) is 0 Å². The molecule has 23 heavy (non-hydrogen) atoms. The van der Waals surface area contributed by atoms with E-state index < -0.39 is 37.4 Å². The van der Waals surface area contributed by atoms with Gasteiger partial charge in [-0.2, -0.15) is 0 Å². The maximum absolute atomic E-state index is 11.8. The van der Waals surface area contributed by atoms with Crippen LogP contribution in [0.5, 0.6) is 0 Å². The molecule has 0 bridgehead atoms. The van der Waals surface area contributed by atoms with Gasteiger partial charge in [-0.05, 0) is 5.56 Å². The predicted octanol–water partition coefficient (Wildman–Crippen LogP) is -0.440. The standard InChI is InChI=1S/C15H21NO7/c17-7-6-13(14(20)22-10-12(19)8-18)16-15(21)23-9-11-4-2-1-3-5-11/h1-5,12-13,17-19H,6-10H2,(H,16,21). The lowest BCUT2D eigenvalue weighted by atomic mass is 10.2. The van der Waals surface area contributed by atoms with E-state index in [2.05, 4.69) is 5.32 Å². The van der Waals surface area contributed by atoms with Gasteiger partial charge in [-0.1, -0.05) is 30.3 Å². The molecule has 0 aromatic heterocycles. The smallest absolute Gasteiger partial charge is 0.408 e. The molecule has 0 fully saturated rings. The molecule has 4 N–H and O–H groups in total. The Labute approximate surface area is 133 Å². The van der Waals surface area contributed by atoms with Gasteiger partial charge in [0.15, 0.2) is 0 Å². The van der Waals surface area contributed by atoms with Crippen molar-refractivity contribution in [2.45, 2.75) is 25.2 Å². The first-order valence-corrected chi connectivity index (χ1v) is 7.10. The Morgan fingerprint density at radius 2 is 1.83 bits per heavy atom. The van der Waals surface area contributed by atoms with Gasteiger partial charge in [0, 0.05) is 13.0 Å². The lowest BCUT2D eigenvalue weighted by Crippen LogP contribution is -2.43. The molecule has 1 aromatic rings. The number of carbonyl (C=O) groups is 2. The van der Waals surface area contributed by atoms with E-state index in [0.29, 0.717) is 0 Å². The van der Waals surface area contributed by atoms with Crippen molar-refractivity contribution in [2.24, 2.45) is 0 Å². The minimum Gasteiger partial charge on any atom is -0.461 e. The lowest BCUT2D eigenvalue weighted by molar-refractivity contribution is -0.150. The van der Waals surface area contributed by atoms with Crippen LogP contribution in [0.15, 0.2) is 30.3 Å². The van der Waals surface area contributed by atoms with Crippen molar-refractivity contribution in [3.8, 4) is 0 Å². The first-order valence-electron chi connectivity index (χ1n) is 7.10. The lowest BCUT2D eigenvalue weighted by Gasteiger charge is -2.17. The molecule has 1 aromatic carbocycles. The third kappa shape index (κ3) is 7.59. The number of aliphatic hydroxyl groups excluding tert-OH is 3. The molecular formula is C15H21NO7. The summed E-state index contributed by atoms with van der Waals surface area (Å²) in [5.74, 6) is -0.830. The van der Waals surface area contributed by atoms with Crippen LogP contribution < -0.4 is 5.32 Å². The van der Waals surface area contributed by atoms with Crippen molar-refractivity contribution in [3.05, 3.63) is 35.9 Å². The molecule has 0 aliphatic heterocycles. The number of carbonyl (C=O) groups excluding carboxylic acids is 2. The van der Waals surface area contributed by atoms with Gasteiger partial charge in [0.05, 0.1) is 6.61 Å². The summed E-state index contributed by atoms with van der Waals surface area (Å²) in [6, 6.07) is 7.89. The van der Waals surface area contributed by atoms with Crippen molar-refractivity contribution < 1.29 is 34.4 Å². The van der Waals surface area contributed by atoms with Crippen LogP contribution in [0.4, 0.5) is 4.79 Å². The molecule has 0 saturated carbocycles. The van der Waals surface area contributed by atoms with Gasteiger partial charge in [-0.25, -0.2) is 9.59 Å². The number of benzene rings is 1. The summed E-state index contributed by atoms with van der Waals surface area (Å²) in [7, 11) is 0. The Morgan fingerprint density at radius 3 is 2.43 bits per heavy atom. The van der Waals surface area contributed by atoms with Crippen LogP contribution in [-0.4, -0.2) is 59.3 Å². The van der Waals surface area contributed by atoms with E-state index in [-0.39, 0.29) is 19.6 Å². The first kappa shape index (κ1) is 18.9. The molecule has 8 nitrogen and oxygen atoms in total. The molecule has 1 amide bonds. The number of amides is 1. The van der Waals surface area contributed by atoms with Gasteiger partial charge in [-0.15, -0.1) is 0 Å². The zero-order valence-electron chi connectivity index (χ0n) is 12.6. The van der Waals surface area contributed by atoms with E-state index in [4.69, 9.17) is 24.8 Å². The van der Waals surface area contributed by atoms with Crippen LogP contribution >= 0.6 is 0 Å². The fourth-order valence-corrected chi connectivity index (χ4v) is 1.62. The molecular weight excluding hydrogens is 306 g/mol. The minimum atomic E-state index is -1.20. The molecule has 128 valence electrons. The van der Waals surface area contributed by atoms with Gasteiger partial charge in [0.1, 0.15) is 25.4 Å². The van der Waals surface area contributed by atoms with E-state index in [1.165, 1.54) is 0 Å². The summed E-state index contributed by atoms with van der Waals surface area (Å²) in [6.45, 7) is -1.26. The van der Waals surface area contributed by atoms with Crippen LogP contribution in [0.2, 0.25) is 0 Å². The quantitative estimate of drug-likeness (QED) is 0.453.